The van der Waals surface area contributed by atoms with Gasteiger partial charge in [0.25, 0.3) is 0 Å². The van der Waals surface area contributed by atoms with Crippen LogP contribution in [0.5, 0.6) is 0 Å². The van der Waals surface area contributed by atoms with E-state index in [1.165, 1.54) is 38.5 Å². The predicted molar refractivity (Wildman–Crippen MR) is 97.9 cm³/mol. The zero-order valence-electron chi connectivity index (χ0n) is 15.4. The van der Waals surface area contributed by atoms with Crippen LogP contribution in [0.1, 0.15) is 78.1 Å². The van der Waals surface area contributed by atoms with Crippen molar-refractivity contribution in [3.63, 3.8) is 0 Å². The van der Waals surface area contributed by atoms with E-state index in [4.69, 9.17) is 14.2 Å². The summed E-state index contributed by atoms with van der Waals surface area (Å²) in [4.78, 5) is 10.3. The molecule has 24 heavy (non-hydrogen) atoms. The van der Waals surface area contributed by atoms with Gasteiger partial charge in [-0.25, -0.2) is 4.79 Å². The van der Waals surface area contributed by atoms with E-state index < -0.39 is 13.7 Å². The van der Waals surface area contributed by atoms with Crippen molar-refractivity contribution >= 4 is 13.7 Å². The maximum atomic E-state index is 12.3. The van der Waals surface area contributed by atoms with Gasteiger partial charge in [-0.15, -0.1) is 0 Å². The van der Waals surface area contributed by atoms with Crippen LogP contribution < -0.4 is 5.32 Å². The first kappa shape index (κ1) is 23.4. The predicted octanol–water partition coefficient (Wildman–Crippen LogP) is 5.42. The number of nitrogens with one attached hydrogen (secondary N) is 1. The number of hydrogen-bond acceptors (Lipinski definition) is 4. The second kappa shape index (κ2) is 15.9. The highest BCUT2D eigenvalue weighted by Gasteiger charge is 2.22. The average Bonchev–Trinajstić information content (AvgIpc) is 2.52. The van der Waals surface area contributed by atoms with Crippen molar-refractivity contribution in [1.29, 1.82) is 0 Å². The largest absolute Gasteiger partial charge is 0.465 e. The Morgan fingerprint density at radius 2 is 1.25 bits per heavy atom. The summed E-state index contributed by atoms with van der Waals surface area (Å²) >= 11 is 0. The smallest absolute Gasteiger partial charge is 0.404 e. The van der Waals surface area contributed by atoms with Gasteiger partial charge in [0.05, 0.1) is 19.4 Å². The summed E-state index contributed by atoms with van der Waals surface area (Å²) in [6.07, 6.45) is 10.8. The Bertz CT molecular complexity index is 342. The highest BCUT2D eigenvalue weighted by atomic mass is 31.2. The Labute approximate surface area is 147 Å². The van der Waals surface area contributed by atoms with Crippen LogP contribution >= 0.6 is 7.60 Å². The fraction of sp³-hybridized carbons (Fsp3) is 0.941. The monoisotopic (exact) mass is 365 g/mol. The van der Waals surface area contributed by atoms with E-state index >= 15 is 0 Å². The Balaban J connectivity index is 3.36. The van der Waals surface area contributed by atoms with Crippen molar-refractivity contribution < 1.29 is 23.5 Å². The molecule has 1 amide bonds. The fourth-order valence-corrected chi connectivity index (χ4v) is 4.33. The summed E-state index contributed by atoms with van der Waals surface area (Å²) in [5.74, 6) is 0. The molecule has 0 saturated carbocycles. The lowest BCUT2D eigenvalue weighted by Crippen LogP contribution is -2.21. The van der Waals surface area contributed by atoms with Crippen LogP contribution in [0.15, 0.2) is 0 Å². The lowest BCUT2D eigenvalue weighted by Gasteiger charge is -2.16. The Kier molecular flexibility index (Phi) is 15.5. The highest BCUT2D eigenvalue weighted by Crippen LogP contribution is 2.48. The van der Waals surface area contributed by atoms with Crippen LogP contribution in [0.3, 0.4) is 0 Å². The summed E-state index contributed by atoms with van der Waals surface area (Å²) < 4.78 is 22.8. The summed E-state index contributed by atoms with van der Waals surface area (Å²) in [6.45, 7) is 5.11. The summed E-state index contributed by atoms with van der Waals surface area (Å²) in [6, 6.07) is 0. The molecule has 0 radical (unpaired) electrons. The van der Waals surface area contributed by atoms with E-state index in [0.29, 0.717) is 25.9 Å². The van der Waals surface area contributed by atoms with Gasteiger partial charge in [-0.3, -0.25) is 4.57 Å². The second-order valence-corrected chi connectivity index (χ2v) is 8.12. The summed E-state index contributed by atoms with van der Waals surface area (Å²) in [5.41, 5.74) is 0. The lowest BCUT2D eigenvalue weighted by molar-refractivity contribution is 0.194. The normalized spacial score (nSPS) is 11.6. The molecule has 0 aliphatic rings. The molecule has 0 aliphatic heterocycles. The molecule has 0 atom stereocenters. The number of carbonyl (C=O) groups is 1. The number of rotatable bonds is 17. The molecule has 0 fully saturated rings. The molecule has 2 N–H and O–H groups in total. The van der Waals surface area contributed by atoms with Crippen LogP contribution in [-0.4, -0.2) is 37.1 Å². The van der Waals surface area contributed by atoms with Crippen molar-refractivity contribution in [3.05, 3.63) is 0 Å². The summed E-state index contributed by atoms with van der Waals surface area (Å²) in [5, 5.41) is 10.8. The van der Waals surface area contributed by atoms with Crippen molar-refractivity contribution in [2.45, 2.75) is 78.1 Å². The standard InChI is InChI=1S/C17H36NO5P/c1-3-22-24(21,23-4-2)16-14-12-10-8-6-5-7-9-11-13-15-18-17(19)20/h18H,3-16H2,1-2H3,(H,19,20). The molecule has 0 aromatic carbocycles. The minimum atomic E-state index is -2.85. The summed E-state index contributed by atoms with van der Waals surface area (Å²) in [7, 11) is -2.85. The third-order valence-electron chi connectivity index (χ3n) is 3.79. The third-order valence-corrected chi connectivity index (χ3v) is 5.95. The van der Waals surface area contributed by atoms with Crippen LogP contribution in [0.2, 0.25) is 0 Å². The van der Waals surface area contributed by atoms with E-state index in [1.807, 2.05) is 13.8 Å². The SMILES string of the molecule is CCOP(=O)(CCCCCCCCCCCCNC(=O)O)OCC. The van der Waals surface area contributed by atoms with Gasteiger partial charge in [-0.05, 0) is 26.7 Å². The molecule has 0 aromatic rings. The second-order valence-electron chi connectivity index (χ2n) is 5.94. The maximum Gasteiger partial charge on any atom is 0.404 e. The third kappa shape index (κ3) is 15.0. The Morgan fingerprint density at radius 3 is 1.67 bits per heavy atom. The molecule has 0 aromatic heterocycles. The van der Waals surface area contributed by atoms with Crippen molar-refractivity contribution in [3.8, 4) is 0 Å². The Hall–Kier alpha value is -0.580. The average molecular weight is 365 g/mol. The number of amides is 1. The molecule has 0 spiro atoms. The highest BCUT2D eigenvalue weighted by molar-refractivity contribution is 7.53. The first-order valence-electron chi connectivity index (χ1n) is 9.39. The van der Waals surface area contributed by atoms with Gasteiger partial charge >= 0.3 is 13.7 Å². The van der Waals surface area contributed by atoms with Crippen molar-refractivity contribution in [2.24, 2.45) is 0 Å². The topological polar surface area (TPSA) is 84.9 Å². The molecular formula is C17H36NO5P. The van der Waals surface area contributed by atoms with Gasteiger partial charge in [0.1, 0.15) is 0 Å². The Morgan fingerprint density at radius 1 is 0.833 bits per heavy atom. The number of unbranched alkanes of at least 4 members (excludes halogenated alkanes) is 9. The zero-order valence-corrected chi connectivity index (χ0v) is 16.3. The van der Waals surface area contributed by atoms with E-state index in [0.717, 1.165) is 25.7 Å². The van der Waals surface area contributed by atoms with Crippen LogP contribution in [0.25, 0.3) is 0 Å². The molecule has 0 heterocycles. The van der Waals surface area contributed by atoms with Gasteiger partial charge in [-0.1, -0.05) is 51.4 Å². The fourth-order valence-electron chi connectivity index (χ4n) is 2.60. The zero-order chi connectivity index (χ0) is 18.1. The maximum absolute atomic E-state index is 12.3. The molecule has 0 unspecified atom stereocenters. The van der Waals surface area contributed by atoms with Gasteiger partial charge in [0.15, 0.2) is 0 Å². The van der Waals surface area contributed by atoms with Crippen LogP contribution in [0.4, 0.5) is 4.79 Å². The number of hydrogen-bond donors (Lipinski definition) is 2. The molecule has 6 nitrogen and oxygen atoms in total. The molecule has 7 heteroatoms. The molecular weight excluding hydrogens is 329 g/mol. The molecule has 0 rings (SSSR count). The van der Waals surface area contributed by atoms with E-state index in [1.54, 1.807) is 0 Å². The van der Waals surface area contributed by atoms with E-state index in [9.17, 15) is 9.36 Å². The molecule has 0 aliphatic carbocycles. The molecule has 0 saturated heterocycles. The first-order chi connectivity index (χ1) is 11.5. The van der Waals surface area contributed by atoms with Gasteiger partial charge in [0.2, 0.25) is 0 Å². The van der Waals surface area contributed by atoms with Crippen molar-refractivity contribution in [1.82, 2.24) is 5.32 Å². The van der Waals surface area contributed by atoms with Crippen molar-refractivity contribution in [2.75, 3.05) is 25.9 Å². The lowest BCUT2D eigenvalue weighted by atomic mass is 10.1. The van der Waals surface area contributed by atoms with Gasteiger partial charge < -0.3 is 19.5 Å². The minimum absolute atomic E-state index is 0.434. The van der Waals surface area contributed by atoms with E-state index in [-0.39, 0.29) is 0 Å². The van der Waals surface area contributed by atoms with E-state index in [2.05, 4.69) is 5.32 Å². The van der Waals surface area contributed by atoms with Crippen LogP contribution in [-0.2, 0) is 13.6 Å². The first-order valence-corrected chi connectivity index (χ1v) is 11.1. The molecule has 0 bridgehead atoms. The number of carboxylic acid groups (broad SMARTS) is 1. The van der Waals surface area contributed by atoms with Crippen LogP contribution in [0, 0.1) is 0 Å². The quantitative estimate of drug-likeness (QED) is 0.265. The van der Waals surface area contributed by atoms with Gasteiger partial charge in [0, 0.05) is 6.54 Å². The molecule has 144 valence electrons. The minimum Gasteiger partial charge on any atom is -0.465 e. The van der Waals surface area contributed by atoms with Gasteiger partial charge in [-0.2, -0.15) is 0 Å².